The minimum Gasteiger partial charge on any atom is -0.464 e. The first kappa shape index (κ1) is 20.2. The summed E-state index contributed by atoms with van der Waals surface area (Å²) in [5.41, 5.74) is -2.30. The Kier molecular flexibility index (Phi) is 5.72. The zero-order chi connectivity index (χ0) is 20.2. The Labute approximate surface area is 153 Å². The zero-order valence-corrected chi connectivity index (χ0v) is 14.9. The summed E-state index contributed by atoms with van der Waals surface area (Å²) in [6.45, 7) is 3.33. The molecule has 0 bridgehead atoms. The van der Waals surface area contributed by atoms with Gasteiger partial charge in [-0.3, -0.25) is 10.1 Å². The molecule has 2 aromatic rings. The van der Waals surface area contributed by atoms with Gasteiger partial charge in [-0.2, -0.15) is 13.2 Å². The molecular weight excluding hydrogens is 363 g/mol. The number of benzene rings is 1. The van der Waals surface area contributed by atoms with Crippen LogP contribution >= 0.6 is 0 Å². The van der Waals surface area contributed by atoms with E-state index >= 15 is 0 Å². The Bertz CT molecular complexity index is 820. The summed E-state index contributed by atoms with van der Waals surface area (Å²) >= 11 is 0. The lowest BCUT2D eigenvalue weighted by Gasteiger charge is -2.30. The smallest absolute Gasteiger partial charge is 0.464 e. The first-order valence-corrected chi connectivity index (χ1v) is 7.90. The average molecular weight is 382 g/mol. The lowest BCUT2D eigenvalue weighted by atomic mass is 10.1. The Morgan fingerprint density at radius 2 is 1.70 bits per heavy atom. The largest absolute Gasteiger partial charge is 0.464 e. The Morgan fingerprint density at radius 1 is 1.07 bits per heavy atom. The maximum absolute atomic E-state index is 14.0. The lowest BCUT2D eigenvalue weighted by molar-refractivity contribution is -0.372. The fourth-order valence-corrected chi connectivity index (χ4v) is 2.54. The van der Waals surface area contributed by atoms with Crippen molar-refractivity contribution < 1.29 is 32.5 Å². The van der Waals surface area contributed by atoms with E-state index in [4.69, 9.17) is 0 Å². The number of H-pyrrole nitrogens is 1. The second-order valence-electron chi connectivity index (χ2n) is 5.94. The number of carbonyl (C=O) groups excluding carboxylic acids is 2. The van der Waals surface area contributed by atoms with E-state index in [1.807, 2.05) is 0 Å². The van der Waals surface area contributed by atoms with Gasteiger partial charge in [0, 0.05) is 11.6 Å². The number of rotatable bonds is 5. The molecule has 0 aliphatic heterocycles. The predicted molar refractivity (Wildman–Crippen MR) is 90.8 cm³/mol. The molecule has 2 rings (SSSR count). The summed E-state index contributed by atoms with van der Waals surface area (Å²) in [6.07, 6.45) is -5.20. The number of nitrogens with one attached hydrogen (secondary N) is 3. The van der Waals surface area contributed by atoms with Crippen molar-refractivity contribution in [3.63, 3.8) is 0 Å². The predicted octanol–water partition coefficient (Wildman–Crippen LogP) is 2.39. The number of methoxy groups -OCH3 is 1. The van der Waals surface area contributed by atoms with Gasteiger partial charge in [0.2, 0.25) is 0 Å². The molecule has 6 nitrogen and oxygen atoms in total. The van der Waals surface area contributed by atoms with Gasteiger partial charge in [0.25, 0.3) is 11.7 Å². The van der Waals surface area contributed by atoms with Gasteiger partial charge >= 0.3 is 17.8 Å². The highest BCUT2D eigenvalue weighted by atomic mass is 19.4. The monoisotopic (exact) mass is 382 g/mol. The molecule has 0 saturated heterocycles. The summed E-state index contributed by atoms with van der Waals surface area (Å²) in [5.74, 6) is -2.90. The second-order valence-corrected chi connectivity index (χ2v) is 5.94. The van der Waals surface area contributed by atoms with Gasteiger partial charge < -0.3 is 4.74 Å². The average Bonchev–Trinajstić information content (AvgIpc) is 2.59. The minimum absolute atomic E-state index is 0.0405. The number of aryl methyl sites for hydroxylation is 2. The number of carbonyl (C=O) groups is 2. The molecule has 1 heterocycles. The van der Waals surface area contributed by atoms with Crippen LogP contribution in [0, 0.1) is 13.8 Å². The molecule has 0 unspecified atom stereocenters. The number of aromatic amines is 1. The van der Waals surface area contributed by atoms with Crippen molar-refractivity contribution in [3.8, 4) is 0 Å². The molecule has 0 aliphatic carbocycles. The zero-order valence-electron chi connectivity index (χ0n) is 14.9. The van der Waals surface area contributed by atoms with Crippen LogP contribution in [0.15, 0.2) is 42.5 Å². The van der Waals surface area contributed by atoms with Crippen LogP contribution in [-0.2, 0) is 9.53 Å². The number of alkyl halides is 3. The normalized spacial score (nSPS) is 13.4. The van der Waals surface area contributed by atoms with E-state index in [0.29, 0.717) is 11.3 Å². The molecule has 9 heteroatoms. The van der Waals surface area contributed by atoms with Crippen molar-refractivity contribution in [3.05, 3.63) is 59.3 Å². The van der Waals surface area contributed by atoms with Crippen molar-refractivity contribution in [1.29, 1.82) is 0 Å². The molecule has 3 N–H and O–H groups in total. The van der Waals surface area contributed by atoms with Crippen molar-refractivity contribution in [2.24, 2.45) is 0 Å². The number of esters is 1. The Morgan fingerprint density at radius 3 is 2.22 bits per heavy atom. The minimum atomic E-state index is -5.20. The molecule has 1 atom stereocenters. The SMILES string of the molecule is COC(=O)[C@](NC(=O)c1ccccc1)(Nc1cc(C)cc(C)[nH+]1)C(F)(F)F. The summed E-state index contributed by atoms with van der Waals surface area (Å²) in [6, 6.07) is 10.3. The fourth-order valence-electron chi connectivity index (χ4n) is 2.54. The highest BCUT2D eigenvalue weighted by Gasteiger charge is 2.67. The number of hydrogen-bond acceptors (Lipinski definition) is 4. The van der Waals surface area contributed by atoms with E-state index in [0.717, 1.165) is 7.11 Å². The maximum atomic E-state index is 14.0. The molecule has 0 aliphatic rings. The van der Waals surface area contributed by atoms with Crippen molar-refractivity contribution in [1.82, 2.24) is 5.32 Å². The van der Waals surface area contributed by atoms with Gasteiger partial charge in [-0.25, -0.2) is 15.1 Å². The van der Waals surface area contributed by atoms with Gasteiger partial charge in [0.1, 0.15) is 0 Å². The van der Waals surface area contributed by atoms with Crippen LogP contribution in [0.3, 0.4) is 0 Å². The van der Waals surface area contributed by atoms with Gasteiger partial charge in [-0.1, -0.05) is 18.2 Å². The first-order valence-electron chi connectivity index (χ1n) is 7.90. The standard InChI is InChI=1S/C18H18F3N3O3/c1-11-9-12(2)22-14(10-11)23-17(16(26)27-3,18(19,20)21)24-15(25)13-7-5-4-6-8-13/h4-10H,1-3H3,(H,22,23)(H,24,25)/p+1/t17-/m1/s1. The number of aromatic nitrogens is 1. The third-order valence-electron chi connectivity index (χ3n) is 3.72. The number of hydrogen-bond donors (Lipinski definition) is 2. The van der Waals surface area contributed by atoms with E-state index in [-0.39, 0.29) is 11.4 Å². The number of halogens is 3. The highest BCUT2D eigenvalue weighted by Crippen LogP contribution is 2.32. The molecule has 1 aromatic heterocycles. The van der Waals surface area contributed by atoms with Gasteiger partial charge in [-0.15, -0.1) is 0 Å². The summed E-state index contributed by atoms with van der Waals surface area (Å²) in [7, 11) is 0.810. The van der Waals surface area contributed by atoms with E-state index in [2.05, 4.69) is 15.0 Å². The van der Waals surface area contributed by atoms with Crippen LogP contribution in [0.5, 0.6) is 0 Å². The van der Waals surface area contributed by atoms with Crippen LogP contribution < -0.4 is 15.6 Å². The molecule has 0 saturated carbocycles. The quantitative estimate of drug-likeness (QED) is 0.615. The molecule has 1 aromatic carbocycles. The van der Waals surface area contributed by atoms with Crippen LogP contribution in [0.4, 0.5) is 19.0 Å². The molecule has 0 radical (unpaired) electrons. The fraction of sp³-hybridized carbons (Fsp3) is 0.278. The third kappa shape index (κ3) is 4.36. The molecule has 1 amide bonds. The molecular formula is C18H19F3N3O3+. The lowest BCUT2D eigenvalue weighted by Crippen LogP contribution is -2.69. The Hall–Kier alpha value is -3.10. The van der Waals surface area contributed by atoms with Crippen molar-refractivity contribution >= 4 is 17.7 Å². The summed E-state index contributed by atoms with van der Waals surface area (Å²) in [5, 5.41) is 3.83. The van der Waals surface area contributed by atoms with Gasteiger partial charge in [0.05, 0.1) is 12.8 Å². The molecule has 0 spiro atoms. The summed E-state index contributed by atoms with van der Waals surface area (Å²) < 4.78 is 46.3. The molecule has 27 heavy (non-hydrogen) atoms. The van der Waals surface area contributed by atoms with Crippen LogP contribution in [0.25, 0.3) is 0 Å². The molecule has 144 valence electrons. The number of ether oxygens (including phenoxy) is 1. The summed E-state index contributed by atoms with van der Waals surface area (Å²) in [4.78, 5) is 27.3. The van der Waals surface area contributed by atoms with E-state index in [9.17, 15) is 22.8 Å². The van der Waals surface area contributed by atoms with E-state index < -0.39 is 23.7 Å². The van der Waals surface area contributed by atoms with Crippen LogP contribution in [0.1, 0.15) is 21.6 Å². The maximum Gasteiger partial charge on any atom is 0.464 e. The van der Waals surface area contributed by atoms with Crippen molar-refractivity contribution in [2.75, 3.05) is 12.4 Å². The highest BCUT2D eigenvalue weighted by molar-refractivity contribution is 5.99. The van der Waals surface area contributed by atoms with E-state index in [1.165, 1.54) is 30.3 Å². The van der Waals surface area contributed by atoms with Gasteiger partial charge in [-0.05, 0) is 37.6 Å². The van der Waals surface area contributed by atoms with Crippen LogP contribution in [-0.4, -0.2) is 30.8 Å². The van der Waals surface area contributed by atoms with Gasteiger partial charge in [0.15, 0.2) is 0 Å². The Balaban J connectivity index is 2.52. The van der Waals surface area contributed by atoms with Crippen molar-refractivity contribution in [2.45, 2.75) is 25.7 Å². The number of anilines is 1. The first-order chi connectivity index (χ1) is 12.6. The number of pyridine rings is 1. The number of amides is 1. The molecule has 0 fully saturated rings. The topological polar surface area (TPSA) is 81.6 Å². The second kappa shape index (κ2) is 7.65. The third-order valence-corrected chi connectivity index (χ3v) is 3.72. The van der Waals surface area contributed by atoms with E-state index in [1.54, 1.807) is 31.3 Å². The van der Waals surface area contributed by atoms with Crippen LogP contribution in [0.2, 0.25) is 0 Å².